The van der Waals surface area contributed by atoms with Crippen LogP contribution >= 0.6 is 0 Å². The second-order valence-corrected chi connectivity index (χ2v) is 3.36. The summed E-state index contributed by atoms with van der Waals surface area (Å²) in [6.45, 7) is 4.65. The second-order valence-electron chi connectivity index (χ2n) is 3.36. The molecular weight excluding hydrogens is 124 g/mol. The fraction of sp³-hybridized carbons (Fsp3) is 1.00. The summed E-state index contributed by atoms with van der Waals surface area (Å²) in [5.74, 6) is 0.870. The molecule has 0 aliphatic carbocycles. The zero-order valence-corrected chi connectivity index (χ0v) is 7.22. The molecule has 1 fully saturated rings. The zero-order valence-electron chi connectivity index (χ0n) is 7.22. The molecule has 1 heterocycles. The van der Waals surface area contributed by atoms with Crippen LogP contribution in [0.2, 0.25) is 0 Å². The summed E-state index contributed by atoms with van der Waals surface area (Å²) in [5, 5.41) is 3.41. The Kier molecular flexibility index (Phi) is 2.69. The monoisotopic (exact) mass is 142 g/mol. The van der Waals surface area contributed by atoms with E-state index in [-0.39, 0.29) is 0 Å². The smallest absolute Gasteiger partial charge is 0.0254 e. The van der Waals surface area contributed by atoms with E-state index in [9.17, 15) is 0 Å². The number of hydrogen-bond acceptors (Lipinski definition) is 2. The molecule has 10 heavy (non-hydrogen) atoms. The number of nitrogens with zero attached hydrogens (tertiary/aromatic N) is 1. The van der Waals surface area contributed by atoms with Gasteiger partial charge < -0.3 is 10.2 Å². The number of rotatable bonds is 2. The maximum atomic E-state index is 3.41. The quantitative estimate of drug-likeness (QED) is 0.605. The summed E-state index contributed by atoms with van der Waals surface area (Å²) in [6.07, 6.45) is 1.30. The van der Waals surface area contributed by atoms with Crippen molar-refractivity contribution >= 4 is 0 Å². The highest BCUT2D eigenvalue weighted by Crippen LogP contribution is 2.15. The van der Waals surface area contributed by atoms with E-state index in [1.165, 1.54) is 19.5 Å². The third-order valence-electron chi connectivity index (χ3n) is 2.49. The molecule has 0 aromatic carbocycles. The Bertz CT molecular complexity index is 101. The maximum absolute atomic E-state index is 3.41. The number of nitrogens with one attached hydrogen (secondary N) is 1. The topological polar surface area (TPSA) is 15.3 Å². The third kappa shape index (κ3) is 1.50. The van der Waals surface area contributed by atoms with E-state index >= 15 is 0 Å². The van der Waals surface area contributed by atoms with Crippen LogP contribution in [-0.4, -0.2) is 38.1 Å². The van der Waals surface area contributed by atoms with Crippen LogP contribution in [0.5, 0.6) is 0 Å². The van der Waals surface area contributed by atoms with Gasteiger partial charge in [-0.3, -0.25) is 0 Å². The maximum Gasteiger partial charge on any atom is 0.0254 e. The molecule has 2 heteroatoms. The van der Waals surface area contributed by atoms with E-state index < -0.39 is 0 Å². The molecule has 0 radical (unpaired) electrons. The Morgan fingerprint density at radius 3 is 2.50 bits per heavy atom. The molecule has 2 nitrogen and oxygen atoms in total. The van der Waals surface area contributed by atoms with E-state index in [0.717, 1.165) is 12.0 Å². The summed E-state index contributed by atoms with van der Waals surface area (Å²) in [4.78, 5) is 2.33. The SMILES string of the molecule is CC[C@H]1CNC[C@@H]1N(C)C. The van der Waals surface area contributed by atoms with Crippen molar-refractivity contribution in [1.82, 2.24) is 10.2 Å². The Labute approximate surface area is 63.6 Å². The van der Waals surface area contributed by atoms with Crippen molar-refractivity contribution in [1.29, 1.82) is 0 Å². The first-order valence-corrected chi connectivity index (χ1v) is 4.12. The molecule has 0 bridgehead atoms. The minimum Gasteiger partial charge on any atom is -0.315 e. The van der Waals surface area contributed by atoms with Crippen molar-refractivity contribution < 1.29 is 0 Å². The highest BCUT2D eigenvalue weighted by atomic mass is 15.2. The molecule has 1 rings (SSSR count). The molecule has 0 aromatic rings. The molecule has 1 saturated heterocycles. The van der Waals surface area contributed by atoms with Crippen molar-refractivity contribution in [3.8, 4) is 0 Å². The van der Waals surface area contributed by atoms with Crippen molar-refractivity contribution in [2.45, 2.75) is 19.4 Å². The van der Waals surface area contributed by atoms with Crippen molar-refractivity contribution in [3.63, 3.8) is 0 Å². The molecule has 60 valence electrons. The van der Waals surface area contributed by atoms with E-state index in [2.05, 4.69) is 31.2 Å². The highest BCUT2D eigenvalue weighted by molar-refractivity contribution is 4.85. The molecular formula is C8H18N2. The van der Waals surface area contributed by atoms with Crippen molar-refractivity contribution in [2.75, 3.05) is 27.2 Å². The average molecular weight is 142 g/mol. The van der Waals surface area contributed by atoms with Crippen LogP contribution < -0.4 is 5.32 Å². The molecule has 0 aromatic heterocycles. The van der Waals surface area contributed by atoms with Gasteiger partial charge in [0.05, 0.1) is 0 Å². The Balaban J connectivity index is 2.42. The lowest BCUT2D eigenvalue weighted by molar-refractivity contribution is 0.250. The standard InChI is InChI=1S/C8H18N2/c1-4-7-5-9-6-8(7)10(2)3/h7-9H,4-6H2,1-3H3/t7-,8-/m0/s1. The molecule has 0 unspecified atom stereocenters. The van der Waals surface area contributed by atoms with Gasteiger partial charge >= 0.3 is 0 Å². The van der Waals surface area contributed by atoms with Crippen molar-refractivity contribution in [2.24, 2.45) is 5.92 Å². The van der Waals surface area contributed by atoms with E-state index in [0.29, 0.717) is 0 Å². The van der Waals surface area contributed by atoms with Gasteiger partial charge in [0.25, 0.3) is 0 Å². The third-order valence-corrected chi connectivity index (χ3v) is 2.49. The molecule has 1 N–H and O–H groups in total. The van der Waals surface area contributed by atoms with Crippen LogP contribution in [-0.2, 0) is 0 Å². The van der Waals surface area contributed by atoms with Crippen LogP contribution in [0, 0.1) is 5.92 Å². The predicted octanol–water partition coefficient (Wildman–Crippen LogP) is 0.546. The summed E-state index contributed by atoms with van der Waals surface area (Å²) in [5.41, 5.74) is 0. The van der Waals surface area contributed by atoms with Crippen LogP contribution in [0.3, 0.4) is 0 Å². The minimum atomic E-state index is 0.769. The molecule has 1 aliphatic rings. The van der Waals surface area contributed by atoms with Crippen LogP contribution in [0.25, 0.3) is 0 Å². The first kappa shape index (κ1) is 8.02. The Morgan fingerprint density at radius 1 is 1.40 bits per heavy atom. The van der Waals surface area contributed by atoms with Gasteiger partial charge in [-0.2, -0.15) is 0 Å². The van der Waals surface area contributed by atoms with Gasteiger partial charge in [-0.25, -0.2) is 0 Å². The number of hydrogen-bond donors (Lipinski definition) is 1. The summed E-state index contributed by atoms with van der Waals surface area (Å²) in [6, 6.07) is 0.769. The molecule has 0 amide bonds. The molecule has 1 aliphatic heterocycles. The molecule has 0 spiro atoms. The van der Waals surface area contributed by atoms with Gasteiger partial charge in [-0.05, 0) is 26.6 Å². The van der Waals surface area contributed by atoms with Crippen LogP contribution in [0.4, 0.5) is 0 Å². The average Bonchev–Trinajstić information content (AvgIpc) is 2.33. The van der Waals surface area contributed by atoms with E-state index in [1.54, 1.807) is 0 Å². The fourth-order valence-corrected chi connectivity index (χ4v) is 1.74. The van der Waals surface area contributed by atoms with Gasteiger partial charge in [0.15, 0.2) is 0 Å². The van der Waals surface area contributed by atoms with Crippen LogP contribution in [0.1, 0.15) is 13.3 Å². The fourth-order valence-electron chi connectivity index (χ4n) is 1.74. The Morgan fingerprint density at radius 2 is 2.10 bits per heavy atom. The number of likely N-dealkylation sites (N-methyl/N-ethyl adjacent to an activating group) is 1. The van der Waals surface area contributed by atoms with Gasteiger partial charge in [0.1, 0.15) is 0 Å². The van der Waals surface area contributed by atoms with Crippen molar-refractivity contribution in [3.05, 3.63) is 0 Å². The van der Waals surface area contributed by atoms with E-state index in [1.807, 2.05) is 0 Å². The summed E-state index contributed by atoms with van der Waals surface area (Å²) in [7, 11) is 4.33. The summed E-state index contributed by atoms with van der Waals surface area (Å²) >= 11 is 0. The lowest BCUT2D eigenvalue weighted by Crippen LogP contribution is -2.34. The van der Waals surface area contributed by atoms with Crippen LogP contribution in [0.15, 0.2) is 0 Å². The molecule has 2 atom stereocenters. The Hall–Kier alpha value is -0.0800. The second kappa shape index (κ2) is 3.35. The first-order chi connectivity index (χ1) is 4.75. The van der Waals surface area contributed by atoms with E-state index in [4.69, 9.17) is 0 Å². The first-order valence-electron chi connectivity index (χ1n) is 4.12. The lowest BCUT2D eigenvalue weighted by Gasteiger charge is -2.23. The van der Waals surface area contributed by atoms with Gasteiger partial charge in [-0.15, -0.1) is 0 Å². The largest absolute Gasteiger partial charge is 0.315 e. The minimum absolute atomic E-state index is 0.769. The molecule has 0 saturated carbocycles. The van der Waals surface area contributed by atoms with Gasteiger partial charge in [0, 0.05) is 12.6 Å². The predicted molar refractivity (Wildman–Crippen MR) is 44.1 cm³/mol. The van der Waals surface area contributed by atoms with Gasteiger partial charge in [-0.1, -0.05) is 13.3 Å². The highest BCUT2D eigenvalue weighted by Gasteiger charge is 2.26. The normalized spacial score (nSPS) is 33.6. The van der Waals surface area contributed by atoms with Gasteiger partial charge in [0.2, 0.25) is 0 Å². The lowest BCUT2D eigenvalue weighted by atomic mass is 10.0. The zero-order chi connectivity index (χ0) is 7.56. The summed E-state index contributed by atoms with van der Waals surface area (Å²) < 4.78 is 0.